The Morgan fingerprint density at radius 1 is 1.61 bits per heavy atom. The smallest absolute Gasteiger partial charge is 0.325 e. The SMILES string of the molecule is BCCC[C@H]1CN(C(=O)[C@@H](N)Cc2c[nH]cn2)C[C@@]1(N)C(=O)O. The Labute approximate surface area is 136 Å². The Morgan fingerprint density at radius 2 is 2.35 bits per heavy atom. The number of nitrogens with zero attached hydrogens (tertiary/aromatic N) is 2. The number of carbonyl (C=O) groups is 2. The number of nitrogens with two attached hydrogens (primary N) is 2. The lowest BCUT2D eigenvalue weighted by atomic mass is 9.83. The van der Waals surface area contributed by atoms with Gasteiger partial charge in [0.2, 0.25) is 5.91 Å². The number of rotatable bonds is 7. The fraction of sp³-hybridized carbons (Fsp3) is 0.643. The normalized spacial score (nSPS) is 25.5. The lowest BCUT2D eigenvalue weighted by Crippen LogP contribution is -2.55. The molecule has 9 heteroatoms. The van der Waals surface area contributed by atoms with Gasteiger partial charge >= 0.3 is 5.97 Å². The lowest BCUT2D eigenvalue weighted by Gasteiger charge is -2.25. The van der Waals surface area contributed by atoms with Crippen molar-refractivity contribution >= 4 is 19.7 Å². The van der Waals surface area contributed by atoms with Crippen LogP contribution in [-0.2, 0) is 16.0 Å². The number of aromatic amines is 1. The molecule has 0 radical (unpaired) electrons. The van der Waals surface area contributed by atoms with Gasteiger partial charge in [0.1, 0.15) is 13.4 Å². The van der Waals surface area contributed by atoms with Gasteiger partial charge in [0.15, 0.2) is 0 Å². The molecule has 2 heterocycles. The van der Waals surface area contributed by atoms with Crippen molar-refractivity contribution in [2.75, 3.05) is 13.1 Å². The van der Waals surface area contributed by atoms with Gasteiger partial charge < -0.3 is 26.5 Å². The quantitative estimate of drug-likeness (QED) is 0.444. The van der Waals surface area contributed by atoms with Gasteiger partial charge in [-0.15, -0.1) is 0 Å². The van der Waals surface area contributed by atoms with Crippen LogP contribution in [0.1, 0.15) is 18.5 Å². The number of carboxylic acid groups (broad SMARTS) is 1. The molecule has 2 rings (SSSR count). The maximum absolute atomic E-state index is 12.5. The molecule has 1 saturated heterocycles. The minimum Gasteiger partial charge on any atom is -0.480 e. The number of H-pyrrole nitrogens is 1. The number of hydrogen-bond acceptors (Lipinski definition) is 5. The van der Waals surface area contributed by atoms with Crippen molar-refractivity contribution in [3.05, 3.63) is 18.2 Å². The molecular weight excluding hydrogens is 297 g/mol. The van der Waals surface area contributed by atoms with E-state index in [-0.39, 0.29) is 18.4 Å². The standard InChI is InChI=1S/C14H24BN5O3/c15-3-1-2-9-6-20(7-14(9,17)13(22)23)12(21)11(16)4-10-5-18-8-19-10/h5,8-9,11H,1-4,6-7,15-17H2,(H,18,19)(H,22,23)/t9-,11-,14-/m0/s1. The van der Waals surface area contributed by atoms with Gasteiger partial charge in [-0.3, -0.25) is 9.59 Å². The average Bonchev–Trinajstić information content (AvgIpc) is 3.13. The molecule has 8 nitrogen and oxygen atoms in total. The summed E-state index contributed by atoms with van der Waals surface area (Å²) in [7, 11) is 2.04. The van der Waals surface area contributed by atoms with Crippen molar-refractivity contribution in [2.45, 2.75) is 37.2 Å². The van der Waals surface area contributed by atoms with Crippen molar-refractivity contribution in [2.24, 2.45) is 17.4 Å². The van der Waals surface area contributed by atoms with E-state index < -0.39 is 17.6 Å². The van der Waals surface area contributed by atoms with Gasteiger partial charge in [-0.1, -0.05) is 12.7 Å². The molecule has 3 atom stereocenters. The van der Waals surface area contributed by atoms with E-state index in [9.17, 15) is 14.7 Å². The first-order valence-electron chi connectivity index (χ1n) is 7.92. The topological polar surface area (TPSA) is 138 Å². The fourth-order valence-corrected chi connectivity index (χ4v) is 3.10. The van der Waals surface area contributed by atoms with Crippen molar-refractivity contribution in [1.29, 1.82) is 0 Å². The highest BCUT2D eigenvalue weighted by Crippen LogP contribution is 2.30. The monoisotopic (exact) mass is 321 g/mol. The third-order valence-corrected chi connectivity index (χ3v) is 4.54. The van der Waals surface area contributed by atoms with Crippen LogP contribution < -0.4 is 11.5 Å². The summed E-state index contributed by atoms with van der Waals surface area (Å²) in [5.41, 5.74) is 11.4. The number of likely N-dealkylation sites (tertiary alicyclic amines) is 1. The van der Waals surface area contributed by atoms with E-state index in [1.54, 1.807) is 6.20 Å². The highest BCUT2D eigenvalue weighted by molar-refractivity contribution is 6.08. The fourth-order valence-electron chi connectivity index (χ4n) is 3.10. The summed E-state index contributed by atoms with van der Waals surface area (Å²) >= 11 is 0. The molecule has 126 valence electrons. The van der Waals surface area contributed by atoms with Crippen LogP contribution in [-0.4, -0.2) is 64.4 Å². The van der Waals surface area contributed by atoms with Crippen LogP contribution >= 0.6 is 0 Å². The molecule has 6 N–H and O–H groups in total. The average molecular weight is 321 g/mol. The lowest BCUT2D eigenvalue weighted by molar-refractivity contribution is -0.144. The molecular formula is C14H24BN5O3. The summed E-state index contributed by atoms with van der Waals surface area (Å²) in [6, 6.07) is -0.749. The van der Waals surface area contributed by atoms with Gasteiger partial charge in [-0.05, 0) is 6.42 Å². The molecule has 0 unspecified atom stereocenters. The third-order valence-electron chi connectivity index (χ3n) is 4.54. The van der Waals surface area contributed by atoms with E-state index in [1.807, 2.05) is 7.85 Å². The Hall–Kier alpha value is -1.87. The largest absolute Gasteiger partial charge is 0.480 e. The molecule has 1 fully saturated rings. The van der Waals surface area contributed by atoms with E-state index in [0.717, 1.165) is 12.7 Å². The number of aliphatic carboxylic acids is 1. The summed E-state index contributed by atoms with van der Waals surface area (Å²) in [4.78, 5) is 32.5. The summed E-state index contributed by atoms with van der Waals surface area (Å²) in [6.07, 6.45) is 6.06. The Bertz CT molecular complexity index is 553. The molecule has 1 amide bonds. The maximum atomic E-state index is 12.5. The molecule has 0 aromatic carbocycles. The molecule has 0 bridgehead atoms. The highest BCUT2D eigenvalue weighted by Gasteiger charge is 2.50. The summed E-state index contributed by atoms with van der Waals surface area (Å²) < 4.78 is 0. The van der Waals surface area contributed by atoms with Gasteiger partial charge in [0.25, 0.3) is 0 Å². The number of hydrogen-bond donors (Lipinski definition) is 4. The number of imidazole rings is 1. The highest BCUT2D eigenvalue weighted by atomic mass is 16.4. The molecule has 23 heavy (non-hydrogen) atoms. The van der Waals surface area contributed by atoms with Crippen LogP contribution in [0.15, 0.2) is 12.5 Å². The molecule has 1 aliphatic rings. The first kappa shape index (κ1) is 17.5. The predicted molar refractivity (Wildman–Crippen MR) is 87.5 cm³/mol. The molecule has 1 aromatic heterocycles. The second-order valence-electron chi connectivity index (χ2n) is 6.27. The minimum atomic E-state index is -1.39. The summed E-state index contributed by atoms with van der Waals surface area (Å²) in [5.74, 6) is -1.58. The maximum Gasteiger partial charge on any atom is 0.325 e. The summed E-state index contributed by atoms with van der Waals surface area (Å²) in [6.45, 7) is 0.347. The van der Waals surface area contributed by atoms with E-state index in [4.69, 9.17) is 11.5 Å². The van der Waals surface area contributed by atoms with Crippen LogP contribution in [0.4, 0.5) is 0 Å². The summed E-state index contributed by atoms with van der Waals surface area (Å²) in [5, 5.41) is 9.48. The van der Waals surface area contributed by atoms with Crippen LogP contribution in [0.25, 0.3) is 0 Å². The van der Waals surface area contributed by atoms with E-state index >= 15 is 0 Å². The van der Waals surface area contributed by atoms with Crippen molar-refractivity contribution in [1.82, 2.24) is 14.9 Å². The minimum absolute atomic E-state index is 0.00378. The predicted octanol–water partition coefficient (Wildman–Crippen LogP) is -1.65. The molecule has 0 aliphatic carbocycles. The van der Waals surface area contributed by atoms with Crippen molar-refractivity contribution < 1.29 is 14.7 Å². The first-order valence-corrected chi connectivity index (χ1v) is 7.92. The zero-order valence-electron chi connectivity index (χ0n) is 13.4. The van der Waals surface area contributed by atoms with Gasteiger partial charge in [-0.2, -0.15) is 0 Å². The molecule has 0 spiro atoms. The Morgan fingerprint density at radius 3 is 2.91 bits per heavy atom. The number of aromatic nitrogens is 2. The van der Waals surface area contributed by atoms with Crippen LogP contribution in [0.2, 0.25) is 6.32 Å². The zero-order valence-corrected chi connectivity index (χ0v) is 13.4. The van der Waals surface area contributed by atoms with Gasteiger partial charge in [0.05, 0.1) is 18.1 Å². The van der Waals surface area contributed by atoms with Gasteiger partial charge in [-0.25, -0.2) is 4.98 Å². The number of nitrogens with one attached hydrogen (secondary N) is 1. The Balaban J connectivity index is 2.04. The second kappa shape index (κ2) is 7.14. The Kier molecular flexibility index (Phi) is 5.43. The van der Waals surface area contributed by atoms with Crippen molar-refractivity contribution in [3.63, 3.8) is 0 Å². The second-order valence-corrected chi connectivity index (χ2v) is 6.27. The first-order chi connectivity index (χ1) is 10.9. The van der Waals surface area contributed by atoms with Crippen molar-refractivity contribution in [3.8, 4) is 0 Å². The van der Waals surface area contributed by atoms with Gasteiger partial charge in [0, 0.05) is 31.6 Å². The van der Waals surface area contributed by atoms with E-state index in [0.29, 0.717) is 25.1 Å². The molecule has 1 aromatic rings. The number of carboxylic acids is 1. The van der Waals surface area contributed by atoms with E-state index in [2.05, 4.69) is 9.97 Å². The molecule has 0 saturated carbocycles. The third kappa shape index (κ3) is 3.73. The van der Waals surface area contributed by atoms with Crippen LogP contribution in [0, 0.1) is 5.92 Å². The zero-order chi connectivity index (χ0) is 17.0. The van der Waals surface area contributed by atoms with E-state index in [1.165, 1.54) is 11.2 Å². The number of carbonyl (C=O) groups excluding carboxylic acids is 1. The van der Waals surface area contributed by atoms with Crippen LogP contribution in [0.5, 0.6) is 0 Å². The molecule has 1 aliphatic heterocycles. The number of amides is 1. The van der Waals surface area contributed by atoms with Crippen LogP contribution in [0.3, 0.4) is 0 Å².